The van der Waals surface area contributed by atoms with Crippen LogP contribution in [0.2, 0.25) is 0 Å². The van der Waals surface area contributed by atoms with Gasteiger partial charge in [0.1, 0.15) is 11.4 Å². The number of ether oxygens (including phenoxy) is 1. The highest BCUT2D eigenvalue weighted by atomic mass is 16.7. The molecule has 0 radical (unpaired) electrons. The molecule has 0 amide bonds. The van der Waals surface area contributed by atoms with E-state index in [0.29, 0.717) is 11.7 Å². The van der Waals surface area contributed by atoms with Crippen LogP contribution < -0.4 is 10.2 Å². The van der Waals surface area contributed by atoms with Gasteiger partial charge in [-0.05, 0) is 76.0 Å². The fourth-order valence-electron chi connectivity index (χ4n) is 3.90. The zero-order valence-electron chi connectivity index (χ0n) is 18.3. The average Bonchev–Trinajstić information content (AvgIpc) is 3.48. The Morgan fingerprint density at radius 1 is 1.03 bits per heavy atom. The molecule has 0 aromatic heterocycles. The quantitative estimate of drug-likeness (QED) is 0.775. The van der Waals surface area contributed by atoms with Crippen LogP contribution in [0.3, 0.4) is 0 Å². The van der Waals surface area contributed by atoms with Gasteiger partial charge in [0.25, 0.3) is 0 Å². The minimum atomic E-state index is -1.16. The molecular formula is C24H31BO4. The van der Waals surface area contributed by atoms with Gasteiger partial charge < -0.3 is 19.2 Å². The Morgan fingerprint density at radius 2 is 1.69 bits per heavy atom. The van der Waals surface area contributed by atoms with Crippen molar-refractivity contribution in [2.75, 3.05) is 7.11 Å². The zero-order valence-corrected chi connectivity index (χ0v) is 18.3. The topological polar surface area (TPSA) is 47.9 Å². The molecule has 1 saturated carbocycles. The highest BCUT2D eigenvalue weighted by Gasteiger charge is 2.52. The van der Waals surface area contributed by atoms with E-state index in [-0.39, 0.29) is 0 Å². The number of aliphatic hydroxyl groups is 1. The van der Waals surface area contributed by atoms with Crippen LogP contribution in [-0.4, -0.2) is 30.5 Å². The van der Waals surface area contributed by atoms with Crippen molar-refractivity contribution >= 4 is 12.6 Å². The van der Waals surface area contributed by atoms with E-state index in [4.69, 9.17) is 14.0 Å². The second kappa shape index (κ2) is 6.87. The molecule has 1 aliphatic heterocycles. The van der Waals surface area contributed by atoms with Gasteiger partial charge in [0.05, 0.1) is 18.3 Å². The van der Waals surface area contributed by atoms with E-state index >= 15 is 0 Å². The monoisotopic (exact) mass is 394 g/mol. The Balaban J connectivity index is 1.67. The van der Waals surface area contributed by atoms with Crippen LogP contribution in [0.1, 0.15) is 70.1 Å². The normalized spacial score (nSPS) is 22.4. The SMILES string of the molecule is COc1cc(B2OC(C)(C)C(C)(C)O2)ccc1C(C)(O)c1cccc(C2CC2)c1. The molecule has 0 bridgehead atoms. The molecule has 5 heteroatoms. The molecule has 1 aliphatic carbocycles. The minimum Gasteiger partial charge on any atom is -0.496 e. The third kappa shape index (κ3) is 3.60. The summed E-state index contributed by atoms with van der Waals surface area (Å²) in [6.07, 6.45) is 2.47. The summed E-state index contributed by atoms with van der Waals surface area (Å²) < 4.78 is 18.0. The van der Waals surface area contributed by atoms with Crippen LogP contribution in [0.4, 0.5) is 0 Å². The molecule has 1 unspecified atom stereocenters. The van der Waals surface area contributed by atoms with Gasteiger partial charge in [0.15, 0.2) is 0 Å². The third-order valence-corrected chi connectivity index (χ3v) is 6.77. The van der Waals surface area contributed by atoms with Crippen LogP contribution in [0.5, 0.6) is 5.75 Å². The molecule has 1 heterocycles. The number of benzene rings is 2. The fourth-order valence-corrected chi connectivity index (χ4v) is 3.90. The Hall–Kier alpha value is -1.82. The summed E-state index contributed by atoms with van der Waals surface area (Å²) >= 11 is 0. The van der Waals surface area contributed by atoms with E-state index in [1.165, 1.54) is 18.4 Å². The Kier molecular flexibility index (Phi) is 4.84. The van der Waals surface area contributed by atoms with Crippen molar-refractivity contribution in [1.29, 1.82) is 0 Å². The fraction of sp³-hybridized carbons (Fsp3) is 0.500. The predicted molar refractivity (Wildman–Crippen MR) is 116 cm³/mol. The summed E-state index contributed by atoms with van der Waals surface area (Å²) in [7, 11) is 1.16. The summed E-state index contributed by atoms with van der Waals surface area (Å²) in [6, 6.07) is 14.1. The highest BCUT2D eigenvalue weighted by Crippen LogP contribution is 2.43. The van der Waals surface area contributed by atoms with Gasteiger partial charge >= 0.3 is 7.12 Å². The molecule has 1 N–H and O–H groups in total. The molecular weight excluding hydrogens is 363 g/mol. The third-order valence-electron chi connectivity index (χ3n) is 6.77. The van der Waals surface area contributed by atoms with Gasteiger partial charge in [-0.1, -0.05) is 36.4 Å². The summed E-state index contributed by atoms with van der Waals surface area (Å²) in [4.78, 5) is 0. The van der Waals surface area contributed by atoms with Gasteiger partial charge in [-0.3, -0.25) is 0 Å². The predicted octanol–water partition coefficient (Wildman–Crippen LogP) is 4.13. The first kappa shape index (κ1) is 20.5. The van der Waals surface area contributed by atoms with Crippen LogP contribution in [0.15, 0.2) is 42.5 Å². The first-order valence-electron chi connectivity index (χ1n) is 10.4. The Bertz CT molecular complexity index is 899. The lowest BCUT2D eigenvalue weighted by molar-refractivity contribution is 0.00578. The highest BCUT2D eigenvalue weighted by molar-refractivity contribution is 6.62. The zero-order chi connectivity index (χ0) is 21.0. The first-order valence-corrected chi connectivity index (χ1v) is 10.4. The van der Waals surface area contributed by atoms with Crippen LogP contribution in [-0.2, 0) is 14.9 Å². The Morgan fingerprint density at radius 3 is 2.28 bits per heavy atom. The lowest BCUT2D eigenvalue weighted by atomic mass is 9.77. The van der Waals surface area contributed by atoms with Crippen molar-refractivity contribution in [2.24, 2.45) is 0 Å². The van der Waals surface area contributed by atoms with Crippen molar-refractivity contribution < 1.29 is 19.2 Å². The Labute approximate surface area is 174 Å². The molecule has 2 fully saturated rings. The van der Waals surface area contributed by atoms with Crippen molar-refractivity contribution in [3.05, 3.63) is 59.2 Å². The molecule has 4 rings (SSSR count). The summed E-state index contributed by atoms with van der Waals surface area (Å²) in [6.45, 7) is 9.98. The van der Waals surface area contributed by atoms with Gasteiger partial charge in [0.2, 0.25) is 0 Å². The molecule has 2 aromatic carbocycles. The van der Waals surface area contributed by atoms with Gasteiger partial charge in [-0.2, -0.15) is 0 Å². The number of hydrogen-bond donors (Lipinski definition) is 1. The molecule has 1 saturated heterocycles. The average molecular weight is 394 g/mol. The van der Waals surface area contributed by atoms with Crippen molar-refractivity contribution in [2.45, 2.75) is 70.2 Å². The van der Waals surface area contributed by atoms with Crippen LogP contribution in [0, 0.1) is 0 Å². The van der Waals surface area contributed by atoms with Crippen molar-refractivity contribution in [1.82, 2.24) is 0 Å². The van der Waals surface area contributed by atoms with E-state index in [2.05, 4.69) is 12.1 Å². The maximum absolute atomic E-state index is 11.5. The molecule has 4 nitrogen and oxygen atoms in total. The molecule has 1 atom stereocenters. The van der Waals surface area contributed by atoms with Crippen LogP contribution >= 0.6 is 0 Å². The largest absolute Gasteiger partial charge is 0.496 e. The lowest BCUT2D eigenvalue weighted by Crippen LogP contribution is -2.41. The lowest BCUT2D eigenvalue weighted by Gasteiger charge is -2.32. The summed E-state index contributed by atoms with van der Waals surface area (Å²) in [5, 5.41) is 11.5. The summed E-state index contributed by atoms with van der Waals surface area (Å²) in [5.74, 6) is 1.26. The van der Waals surface area contributed by atoms with E-state index < -0.39 is 23.9 Å². The van der Waals surface area contributed by atoms with Gasteiger partial charge in [0, 0.05) is 5.56 Å². The number of hydrogen-bond acceptors (Lipinski definition) is 4. The van der Waals surface area contributed by atoms with Crippen molar-refractivity contribution in [3.8, 4) is 5.75 Å². The number of methoxy groups -OCH3 is 1. The molecule has 2 aromatic rings. The van der Waals surface area contributed by atoms with E-state index in [9.17, 15) is 5.11 Å². The van der Waals surface area contributed by atoms with Crippen molar-refractivity contribution in [3.63, 3.8) is 0 Å². The number of rotatable bonds is 5. The van der Waals surface area contributed by atoms with Crippen LogP contribution in [0.25, 0.3) is 0 Å². The molecule has 29 heavy (non-hydrogen) atoms. The summed E-state index contributed by atoms with van der Waals surface area (Å²) in [5.41, 5.74) is 1.82. The molecule has 154 valence electrons. The molecule has 0 spiro atoms. The van der Waals surface area contributed by atoms with Gasteiger partial charge in [-0.15, -0.1) is 0 Å². The van der Waals surface area contributed by atoms with E-state index in [0.717, 1.165) is 16.6 Å². The first-order chi connectivity index (χ1) is 13.5. The van der Waals surface area contributed by atoms with Gasteiger partial charge in [-0.25, -0.2) is 0 Å². The van der Waals surface area contributed by atoms with E-state index in [1.54, 1.807) is 7.11 Å². The molecule has 2 aliphatic rings. The maximum atomic E-state index is 11.5. The van der Waals surface area contributed by atoms with E-state index in [1.807, 2.05) is 65.0 Å². The standard InChI is InChI=1S/C24H31BO4/c1-22(2)23(3,4)29-25(28-22)19-12-13-20(21(15-19)27-6)24(5,26)18-9-7-8-17(14-18)16-10-11-16/h7-9,12-16,26H,10-11H2,1-6H3. The maximum Gasteiger partial charge on any atom is 0.494 e. The smallest absolute Gasteiger partial charge is 0.494 e. The minimum absolute atomic E-state index is 0.404. The second-order valence-corrected chi connectivity index (χ2v) is 9.52. The second-order valence-electron chi connectivity index (χ2n) is 9.52.